The number of carbonyl (C=O) groups excluding carboxylic acids is 2. The smallest absolute Gasteiger partial charge is 0.283 e. The van der Waals surface area contributed by atoms with E-state index in [4.69, 9.17) is 22.1 Å². The zero-order valence-electron chi connectivity index (χ0n) is 20.6. The molecule has 0 aliphatic carbocycles. The number of rotatable bonds is 9. The minimum Gasteiger partial charge on any atom is -0.495 e. The number of amides is 1. The molecule has 0 spiro atoms. The van der Waals surface area contributed by atoms with Crippen molar-refractivity contribution in [1.29, 1.82) is 0 Å². The summed E-state index contributed by atoms with van der Waals surface area (Å²) in [6, 6.07) is 8.47. The Bertz CT molecular complexity index is 1640. The van der Waals surface area contributed by atoms with Crippen LogP contribution in [-0.2, 0) is 11.2 Å². The molecule has 0 bridgehead atoms. The Balaban J connectivity index is 1.70. The lowest BCUT2D eigenvalue weighted by Gasteiger charge is -2.18. The summed E-state index contributed by atoms with van der Waals surface area (Å²) >= 11 is 6.20. The number of ketones is 1. The average molecular weight is 560 g/mol. The van der Waals surface area contributed by atoms with Crippen LogP contribution < -0.4 is 16.0 Å². The Morgan fingerprint density at radius 3 is 2.46 bits per heavy atom. The SMILES string of the molecule is COc1cn(C(C)C(=O)Cc2ccc(C(N)=O)c(F)c2)c(=O)cc1-c1cc(Cl)ccc1-n1cc(C(F)F)nn1. The Labute approximate surface area is 224 Å². The largest absolute Gasteiger partial charge is 0.495 e. The zero-order valence-corrected chi connectivity index (χ0v) is 21.3. The van der Waals surface area contributed by atoms with E-state index < -0.39 is 41.2 Å². The van der Waals surface area contributed by atoms with Crippen molar-refractivity contribution in [3.63, 3.8) is 0 Å². The van der Waals surface area contributed by atoms with E-state index in [1.807, 2.05) is 0 Å². The number of primary amides is 1. The summed E-state index contributed by atoms with van der Waals surface area (Å²) in [5, 5.41) is 7.52. The molecular weight excluding hydrogens is 539 g/mol. The van der Waals surface area contributed by atoms with Gasteiger partial charge in [-0.1, -0.05) is 22.9 Å². The van der Waals surface area contributed by atoms with Crippen molar-refractivity contribution in [2.45, 2.75) is 25.8 Å². The van der Waals surface area contributed by atoms with Crippen LogP contribution in [0.3, 0.4) is 0 Å². The number of pyridine rings is 1. The molecule has 1 atom stereocenters. The highest BCUT2D eigenvalue weighted by atomic mass is 35.5. The Morgan fingerprint density at radius 1 is 1.10 bits per heavy atom. The lowest BCUT2D eigenvalue weighted by Crippen LogP contribution is -2.28. The first kappa shape index (κ1) is 27.6. The van der Waals surface area contributed by atoms with Gasteiger partial charge in [0.2, 0.25) is 0 Å². The van der Waals surface area contributed by atoms with Crippen LogP contribution in [0.1, 0.15) is 41.0 Å². The van der Waals surface area contributed by atoms with Gasteiger partial charge in [-0.25, -0.2) is 17.9 Å². The van der Waals surface area contributed by atoms with Gasteiger partial charge in [0.15, 0.2) is 5.78 Å². The summed E-state index contributed by atoms with van der Waals surface area (Å²) in [4.78, 5) is 37.4. The summed E-state index contributed by atoms with van der Waals surface area (Å²) in [5.74, 6) is -2.01. The number of nitrogens with zero attached hydrogens (tertiary/aromatic N) is 4. The van der Waals surface area contributed by atoms with E-state index in [9.17, 15) is 27.6 Å². The molecule has 9 nitrogen and oxygen atoms in total. The molecule has 0 aliphatic heterocycles. The number of nitrogens with two attached hydrogens (primary N) is 1. The first-order chi connectivity index (χ1) is 18.5. The van der Waals surface area contributed by atoms with E-state index in [2.05, 4.69) is 10.3 Å². The lowest BCUT2D eigenvalue weighted by molar-refractivity contribution is -0.121. The molecule has 4 aromatic rings. The van der Waals surface area contributed by atoms with Gasteiger partial charge >= 0.3 is 0 Å². The minimum atomic E-state index is -2.83. The van der Waals surface area contributed by atoms with E-state index in [1.165, 1.54) is 56.6 Å². The predicted molar refractivity (Wildman–Crippen MR) is 136 cm³/mol. The highest BCUT2D eigenvalue weighted by Crippen LogP contribution is 2.35. The van der Waals surface area contributed by atoms with Gasteiger partial charge in [0.1, 0.15) is 17.3 Å². The third-order valence-corrected chi connectivity index (χ3v) is 6.29. The molecule has 4 rings (SSSR count). The van der Waals surface area contributed by atoms with Crippen LogP contribution in [0.25, 0.3) is 16.8 Å². The minimum absolute atomic E-state index is 0.184. The van der Waals surface area contributed by atoms with Crippen molar-refractivity contribution < 1.29 is 27.5 Å². The van der Waals surface area contributed by atoms with Gasteiger partial charge in [0.25, 0.3) is 17.9 Å². The molecule has 2 aromatic heterocycles. The van der Waals surface area contributed by atoms with Crippen molar-refractivity contribution in [3.05, 3.63) is 92.9 Å². The van der Waals surface area contributed by atoms with Gasteiger partial charge in [-0.05, 0) is 42.8 Å². The van der Waals surface area contributed by atoms with E-state index in [0.717, 1.165) is 21.5 Å². The second-order valence-corrected chi connectivity index (χ2v) is 8.99. The first-order valence-corrected chi connectivity index (χ1v) is 11.8. The van der Waals surface area contributed by atoms with Crippen LogP contribution >= 0.6 is 11.6 Å². The molecule has 0 aliphatic rings. The highest BCUT2D eigenvalue weighted by Gasteiger charge is 2.22. The summed E-state index contributed by atoms with van der Waals surface area (Å²) in [5.41, 5.74) is 4.93. The number of halogens is 4. The molecule has 2 aromatic carbocycles. The number of aromatic nitrogens is 4. The topological polar surface area (TPSA) is 122 Å². The monoisotopic (exact) mass is 559 g/mol. The van der Waals surface area contributed by atoms with Crippen LogP contribution in [0.4, 0.5) is 13.2 Å². The average Bonchev–Trinajstić information content (AvgIpc) is 3.38. The molecule has 0 radical (unpaired) electrons. The standard InChI is InChI=1S/C26H21ClF3N5O4/c1-13(22(36)8-14-3-5-16(26(31)38)19(28)7-14)34-12-23(39-2)18(10-24(34)37)17-9-15(27)4-6-21(17)35-11-20(25(29)30)32-33-35/h3-7,9-13,25H,8H2,1-2H3,(H2,31,38). The summed E-state index contributed by atoms with van der Waals surface area (Å²) < 4.78 is 48.1. The van der Waals surface area contributed by atoms with Crippen molar-refractivity contribution in [1.82, 2.24) is 19.6 Å². The van der Waals surface area contributed by atoms with Crippen molar-refractivity contribution in [2.24, 2.45) is 5.73 Å². The van der Waals surface area contributed by atoms with Crippen molar-refractivity contribution in [3.8, 4) is 22.6 Å². The molecule has 202 valence electrons. The highest BCUT2D eigenvalue weighted by molar-refractivity contribution is 6.31. The second kappa shape index (κ2) is 11.1. The van der Waals surface area contributed by atoms with Crippen LogP contribution in [0.5, 0.6) is 5.75 Å². The quantitative estimate of drug-likeness (QED) is 0.326. The summed E-state index contributed by atoms with van der Waals surface area (Å²) in [7, 11) is 1.36. The van der Waals surface area contributed by atoms with E-state index in [-0.39, 0.29) is 23.3 Å². The fourth-order valence-electron chi connectivity index (χ4n) is 4.00. The predicted octanol–water partition coefficient (Wildman–Crippen LogP) is 4.31. The van der Waals surface area contributed by atoms with E-state index in [1.54, 1.807) is 0 Å². The van der Waals surface area contributed by atoms with E-state index in [0.29, 0.717) is 21.8 Å². The lowest BCUT2D eigenvalue weighted by atomic mass is 10.0. The van der Waals surface area contributed by atoms with Crippen LogP contribution in [0.2, 0.25) is 5.02 Å². The maximum atomic E-state index is 14.1. The number of alkyl halides is 2. The molecule has 1 unspecified atom stereocenters. The molecule has 1 amide bonds. The number of hydrogen-bond donors (Lipinski definition) is 1. The van der Waals surface area contributed by atoms with Gasteiger partial charge in [-0.3, -0.25) is 14.4 Å². The van der Waals surface area contributed by atoms with Crippen LogP contribution in [-0.4, -0.2) is 38.4 Å². The first-order valence-electron chi connectivity index (χ1n) is 11.4. The Morgan fingerprint density at radius 2 is 1.85 bits per heavy atom. The molecule has 0 fully saturated rings. The van der Waals surface area contributed by atoms with Crippen LogP contribution in [0, 0.1) is 5.82 Å². The number of hydrogen-bond acceptors (Lipinski definition) is 6. The fourth-order valence-corrected chi connectivity index (χ4v) is 4.17. The zero-order chi connectivity index (χ0) is 28.4. The number of methoxy groups -OCH3 is 1. The van der Waals surface area contributed by atoms with Gasteiger partial charge < -0.3 is 15.0 Å². The number of carbonyl (C=O) groups is 2. The third kappa shape index (κ3) is 5.70. The summed E-state index contributed by atoms with van der Waals surface area (Å²) in [6.07, 6.45) is -0.645. The molecule has 2 heterocycles. The normalized spacial score (nSPS) is 12.0. The number of benzene rings is 2. The molecular formula is C26H21ClF3N5O4. The maximum Gasteiger partial charge on any atom is 0.283 e. The molecule has 0 saturated heterocycles. The van der Waals surface area contributed by atoms with E-state index >= 15 is 0 Å². The van der Waals surface area contributed by atoms with Gasteiger partial charge in [0.05, 0.1) is 36.8 Å². The Hall–Kier alpha value is -4.45. The van der Waals surface area contributed by atoms with Gasteiger partial charge in [-0.2, -0.15) is 0 Å². The second-order valence-electron chi connectivity index (χ2n) is 8.55. The molecule has 0 saturated carbocycles. The maximum absolute atomic E-state index is 14.1. The van der Waals surface area contributed by atoms with Crippen molar-refractivity contribution >= 4 is 23.3 Å². The molecule has 2 N–H and O–H groups in total. The van der Waals surface area contributed by atoms with Gasteiger partial charge in [-0.15, -0.1) is 5.10 Å². The van der Waals surface area contributed by atoms with Gasteiger partial charge in [0, 0.05) is 28.6 Å². The molecule has 39 heavy (non-hydrogen) atoms. The number of Topliss-reactive ketones (excluding diaryl/α,β-unsaturated/α-hetero) is 1. The molecule has 13 heteroatoms. The fraction of sp³-hybridized carbons (Fsp3) is 0.192. The Kier molecular flexibility index (Phi) is 7.86. The summed E-state index contributed by atoms with van der Waals surface area (Å²) in [6.45, 7) is 1.50. The third-order valence-electron chi connectivity index (χ3n) is 6.05. The van der Waals surface area contributed by atoms with Crippen LogP contribution in [0.15, 0.2) is 59.7 Å². The number of ether oxygens (including phenoxy) is 1. The van der Waals surface area contributed by atoms with Crippen molar-refractivity contribution in [2.75, 3.05) is 7.11 Å².